The average Bonchev–Trinajstić information content (AvgIpc) is 3.33. The van der Waals surface area contributed by atoms with Crippen molar-refractivity contribution in [2.75, 3.05) is 6.54 Å². The second kappa shape index (κ2) is 7.56. The Labute approximate surface area is 166 Å². The number of hydrogen-bond donors (Lipinski definition) is 1. The maximum absolute atomic E-state index is 14.1. The van der Waals surface area contributed by atoms with Gasteiger partial charge in [0, 0.05) is 28.0 Å². The van der Waals surface area contributed by atoms with E-state index in [1.165, 1.54) is 30.4 Å². The summed E-state index contributed by atoms with van der Waals surface area (Å²) in [5.41, 5.74) is 2.00. The molecule has 1 aliphatic rings. The van der Waals surface area contributed by atoms with Crippen LogP contribution >= 0.6 is 11.3 Å². The van der Waals surface area contributed by atoms with E-state index in [9.17, 15) is 14.0 Å². The second-order valence-corrected chi connectivity index (χ2v) is 7.77. The lowest BCUT2D eigenvalue weighted by Gasteiger charge is -2.13. The molecule has 0 fully saturated rings. The monoisotopic (exact) mass is 395 g/mol. The normalized spacial score (nSPS) is 15.0. The van der Waals surface area contributed by atoms with Crippen LogP contribution in [-0.2, 0) is 6.42 Å². The predicted octanol–water partition coefficient (Wildman–Crippen LogP) is 4.49. The van der Waals surface area contributed by atoms with E-state index in [0.717, 1.165) is 10.4 Å². The molecule has 0 unspecified atom stereocenters. The van der Waals surface area contributed by atoms with Gasteiger partial charge in [0.15, 0.2) is 5.78 Å². The Kier molecular flexibility index (Phi) is 4.96. The van der Waals surface area contributed by atoms with Crippen molar-refractivity contribution in [3.63, 3.8) is 0 Å². The zero-order chi connectivity index (χ0) is 19.7. The van der Waals surface area contributed by atoms with Gasteiger partial charge in [0.1, 0.15) is 17.7 Å². The number of nitrogens with one attached hydrogen (secondary N) is 1. The van der Waals surface area contributed by atoms with Crippen LogP contribution in [-0.4, -0.2) is 24.3 Å². The number of rotatable bonds is 5. The Morgan fingerprint density at radius 3 is 2.68 bits per heavy atom. The molecular weight excluding hydrogens is 377 g/mol. The molecule has 0 spiro atoms. The summed E-state index contributed by atoms with van der Waals surface area (Å²) in [6.07, 6.45) is 0.246. The molecular formula is C22H18FNO3S. The number of Topliss-reactive ketones (excluding diaryl/α,β-unsaturated/α-hetero) is 1. The Balaban J connectivity index is 1.51. The van der Waals surface area contributed by atoms with Crippen LogP contribution in [0.25, 0.3) is 10.4 Å². The SMILES string of the molecule is CC(=O)c1ccc(-c2cc(F)cc3c2O[C@H](CNC(=O)c2ccccc2)C3)s1. The van der Waals surface area contributed by atoms with Crippen LogP contribution < -0.4 is 10.1 Å². The number of halogens is 1. The molecule has 28 heavy (non-hydrogen) atoms. The summed E-state index contributed by atoms with van der Waals surface area (Å²) >= 11 is 1.32. The average molecular weight is 395 g/mol. The Morgan fingerprint density at radius 2 is 1.96 bits per heavy atom. The molecule has 4 nitrogen and oxygen atoms in total. The summed E-state index contributed by atoms with van der Waals surface area (Å²) in [5.74, 6) is 0.0871. The van der Waals surface area contributed by atoms with Crippen molar-refractivity contribution in [2.24, 2.45) is 0 Å². The fraction of sp³-hybridized carbons (Fsp3) is 0.182. The molecule has 1 amide bonds. The first-order valence-electron chi connectivity index (χ1n) is 8.94. The molecule has 142 valence electrons. The van der Waals surface area contributed by atoms with Crippen molar-refractivity contribution >= 4 is 23.0 Å². The summed E-state index contributed by atoms with van der Waals surface area (Å²) < 4.78 is 20.2. The number of ketones is 1. The van der Waals surface area contributed by atoms with Gasteiger partial charge in [-0.3, -0.25) is 9.59 Å². The highest BCUT2D eigenvalue weighted by Gasteiger charge is 2.28. The number of carbonyl (C=O) groups excluding carboxylic acids is 2. The van der Waals surface area contributed by atoms with Crippen LogP contribution in [0.1, 0.15) is 32.5 Å². The van der Waals surface area contributed by atoms with E-state index in [2.05, 4.69) is 5.32 Å². The van der Waals surface area contributed by atoms with Crippen molar-refractivity contribution in [1.29, 1.82) is 0 Å². The maximum atomic E-state index is 14.1. The van der Waals surface area contributed by atoms with Gasteiger partial charge in [-0.1, -0.05) is 18.2 Å². The minimum atomic E-state index is -0.343. The van der Waals surface area contributed by atoms with Gasteiger partial charge in [0.25, 0.3) is 5.91 Å². The van der Waals surface area contributed by atoms with E-state index >= 15 is 0 Å². The zero-order valence-electron chi connectivity index (χ0n) is 15.2. The van der Waals surface area contributed by atoms with E-state index in [-0.39, 0.29) is 23.6 Å². The molecule has 2 aromatic carbocycles. The van der Waals surface area contributed by atoms with Crippen molar-refractivity contribution < 1.29 is 18.7 Å². The Hall–Kier alpha value is -2.99. The van der Waals surface area contributed by atoms with Gasteiger partial charge in [0.2, 0.25) is 0 Å². The van der Waals surface area contributed by atoms with Gasteiger partial charge >= 0.3 is 0 Å². The van der Waals surface area contributed by atoms with Gasteiger partial charge in [-0.25, -0.2) is 4.39 Å². The van der Waals surface area contributed by atoms with Gasteiger partial charge in [-0.15, -0.1) is 11.3 Å². The molecule has 4 rings (SSSR count). The number of amides is 1. The third-order valence-electron chi connectivity index (χ3n) is 4.61. The number of carbonyl (C=O) groups is 2. The third kappa shape index (κ3) is 3.68. The van der Waals surface area contributed by atoms with Crippen LogP contribution in [0.3, 0.4) is 0 Å². The Bertz CT molecular complexity index is 1050. The molecule has 1 N–H and O–H groups in total. The maximum Gasteiger partial charge on any atom is 0.251 e. The largest absolute Gasteiger partial charge is 0.487 e. The number of benzene rings is 2. The van der Waals surface area contributed by atoms with Crippen LogP contribution in [0.15, 0.2) is 54.6 Å². The highest BCUT2D eigenvalue weighted by atomic mass is 32.1. The van der Waals surface area contributed by atoms with E-state index < -0.39 is 0 Å². The van der Waals surface area contributed by atoms with Crippen molar-refractivity contribution in [1.82, 2.24) is 5.32 Å². The molecule has 1 aromatic heterocycles. The number of thiophene rings is 1. The van der Waals surface area contributed by atoms with E-state index in [4.69, 9.17) is 4.74 Å². The molecule has 0 bridgehead atoms. The summed E-state index contributed by atoms with van der Waals surface area (Å²) in [5, 5.41) is 2.87. The lowest BCUT2D eigenvalue weighted by atomic mass is 10.0. The predicted molar refractivity (Wildman–Crippen MR) is 107 cm³/mol. The number of ether oxygens (including phenoxy) is 1. The van der Waals surface area contributed by atoms with Crippen molar-refractivity contribution in [3.8, 4) is 16.2 Å². The highest BCUT2D eigenvalue weighted by Crippen LogP contribution is 2.42. The molecule has 0 radical (unpaired) electrons. The van der Waals surface area contributed by atoms with Gasteiger partial charge < -0.3 is 10.1 Å². The fourth-order valence-corrected chi connectivity index (χ4v) is 4.18. The molecule has 2 heterocycles. The lowest BCUT2D eigenvalue weighted by molar-refractivity contribution is 0.0933. The Morgan fingerprint density at radius 1 is 1.18 bits per heavy atom. The van der Waals surface area contributed by atoms with Crippen LogP contribution in [0.5, 0.6) is 5.75 Å². The van der Waals surface area contributed by atoms with Gasteiger partial charge in [0.05, 0.1) is 11.4 Å². The van der Waals surface area contributed by atoms with Gasteiger partial charge in [-0.05, 0) is 43.3 Å². The topological polar surface area (TPSA) is 55.4 Å². The molecule has 0 aliphatic carbocycles. The van der Waals surface area contributed by atoms with Crippen molar-refractivity contribution in [2.45, 2.75) is 19.4 Å². The molecule has 6 heteroatoms. The minimum Gasteiger partial charge on any atom is -0.487 e. The second-order valence-electron chi connectivity index (χ2n) is 6.68. The van der Waals surface area contributed by atoms with Crippen LogP contribution in [0, 0.1) is 5.82 Å². The van der Waals surface area contributed by atoms with Crippen LogP contribution in [0.2, 0.25) is 0 Å². The molecule has 0 saturated heterocycles. The van der Waals surface area contributed by atoms with E-state index in [1.807, 2.05) is 24.3 Å². The fourth-order valence-electron chi connectivity index (χ4n) is 3.26. The quantitative estimate of drug-likeness (QED) is 0.648. The smallest absolute Gasteiger partial charge is 0.251 e. The summed E-state index contributed by atoms with van der Waals surface area (Å²) in [6, 6.07) is 15.4. The first-order chi connectivity index (χ1) is 13.5. The van der Waals surface area contributed by atoms with Crippen LogP contribution in [0.4, 0.5) is 4.39 Å². The van der Waals surface area contributed by atoms with Gasteiger partial charge in [-0.2, -0.15) is 0 Å². The highest BCUT2D eigenvalue weighted by molar-refractivity contribution is 7.17. The first-order valence-corrected chi connectivity index (χ1v) is 9.76. The first kappa shape index (κ1) is 18.4. The summed E-state index contributed by atoms with van der Waals surface area (Å²) in [6.45, 7) is 1.83. The van der Waals surface area contributed by atoms with E-state index in [0.29, 0.717) is 34.7 Å². The standard InChI is InChI=1S/C22H18FNO3S/c1-13(25)19-7-8-20(28-19)18-11-16(23)9-15-10-17(27-21(15)18)12-24-22(26)14-5-3-2-4-6-14/h2-9,11,17H,10,12H2,1H3,(H,24,26)/t17-/m0/s1. The lowest BCUT2D eigenvalue weighted by Crippen LogP contribution is -2.34. The molecule has 1 atom stereocenters. The number of fused-ring (bicyclic) bond motifs is 1. The minimum absolute atomic E-state index is 0.0216. The number of hydrogen-bond acceptors (Lipinski definition) is 4. The van der Waals surface area contributed by atoms with Crippen molar-refractivity contribution in [3.05, 3.63) is 76.4 Å². The molecule has 3 aromatic rings. The van der Waals surface area contributed by atoms with E-state index in [1.54, 1.807) is 18.2 Å². The zero-order valence-corrected chi connectivity index (χ0v) is 16.0. The molecule has 0 saturated carbocycles. The summed E-state index contributed by atoms with van der Waals surface area (Å²) in [7, 11) is 0. The summed E-state index contributed by atoms with van der Waals surface area (Å²) in [4.78, 5) is 25.2. The third-order valence-corrected chi connectivity index (χ3v) is 5.83. The molecule has 1 aliphatic heterocycles.